The summed E-state index contributed by atoms with van der Waals surface area (Å²) in [5, 5.41) is 5.12. The number of carbonyl (C=O) groups excluding carboxylic acids is 1. The van der Waals surface area contributed by atoms with Gasteiger partial charge < -0.3 is 14.2 Å². The fourth-order valence-corrected chi connectivity index (χ4v) is 3.65. The Balaban J connectivity index is 1.33. The number of rotatable bonds is 6. The van der Waals surface area contributed by atoms with Crippen molar-refractivity contribution in [2.24, 2.45) is 5.10 Å². The number of hydrogen-bond acceptors (Lipinski definition) is 5. The van der Waals surface area contributed by atoms with Gasteiger partial charge in [-0.25, -0.2) is 5.43 Å². The van der Waals surface area contributed by atoms with E-state index in [2.05, 4.69) is 26.5 Å². The van der Waals surface area contributed by atoms with Gasteiger partial charge in [-0.3, -0.25) is 4.79 Å². The number of hydrazone groups is 1. The van der Waals surface area contributed by atoms with Crippen LogP contribution >= 0.6 is 39.1 Å². The zero-order valence-electron chi connectivity index (χ0n) is 15.9. The first kappa shape index (κ1) is 21.5. The third-order valence-corrected chi connectivity index (χ3v) is 5.66. The molecule has 0 radical (unpaired) electrons. The van der Waals surface area contributed by atoms with Crippen molar-refractivity contribution in [3.63, 3.8) is 0 Å². The smallest absolute Gasteiger partial charge is 0.271 e. The van der Waals surface area contributed by atoms with Gasteiger partial charge in [0.15, 0.2) is 11.5 Å². The molecular formula is C22H15BrCl2N2O4. The molecule has 0 bridgehead atoms. The molecular weight excluding hydrogens is 507 g/mol. The third kappa shape index (κ3) is 5.31. The van der Waals surface area contributed by atoms with Gasteiger partial charge in [-0.2, -0.15) is 5.10 Å². The highest BCUT2D eigenvalue weighted by Gasteiger charge is 2.15. The number of hydrogen-bond donors (Lipinski definition) is 1. The second-order valence-corrected chi connectivity index (χ2v) is 8.17. The van der Waals surface area contributed by atoms with E-state index in [0.29, 0.717) is 32.9 Å². The second-order valence-electron chi connectivity index (χ2n) is 6.47. The normalized spacial score (nSPS) is 12.2. The van der Waals surface area contributed by atoms with Crippen LogP contribution in [0.5, 0.6) is 17.2 Å². The van der Waals surface area contributed by atoms with E-state index in [1.54, 1.807) is 48.5 Å². The fourth-order valence-electron chi connectivity index (χ4n) is 2.76. The molecule has 9 heteroatoms. The van der Waals surface area contributed by atoms with Crippen molar-refractivity contribution >= 4 is 51.3 Å². The van der Waals surface area contributed by atoms with E-state index < -0.39 is 0 Å². The zero-order valence-corrected chi connectivity index (χ0v) is 19.0. The molecule has 0 fully saturated rings. The summed E-state index contributed by atoms with van der Waals surface area (Å²) in [6.07, 6.45) is 1.53. The fraction of sp³-hybridized carbons (Fsp3) is 0.0909. The first-order chi connectivity index (χ1) is 15.0. The first-order valence-corrected chi connectivity index (χ1v) is 10.6. The van der Waals surface area contributed by atoms with E-state index >= 15 is 0 Å². The summed E-state index contributed by atoms with van der Waals surface area (Å²) < 4.78 is 17.1. The van der Waals surface area contributed by atoms with Crippen LogP contribution in [0.15, 0.2) is 64.2 Å². The highest BCUT2D eigenvalue weighted by molar-refractivity contribution is 9.10. The summed E-state index contributed by atoms with van der Waals surface area (Å²) in [4.78, 5) is 12.3. The van der Waals surface area contributed by atoms with Gasteiger partial charge in [-0.15, -0.1) is 0 Å². The van der Waals surface area contributed by atoms with Gasteiger partial charge in [-0.05, 0) is 64.5 Å². The van der Waals surface area contributed by atoms with Gasteiger partial charge in [0.2, 0.25) is 6.79 Å². The molecule has 0 aromatic heterocycles. The number of ether oxygens (including phenoxy) is 3. The van der Waals surface area contributed by atoms with Crippen molar-refractivity contribution in [3.05, 3.63) is 85.8 Å². The van der Waals surface area contributed by atoms with Gasteiger partial charge in [0.1, 0.15) is 12.4 Å². The van der Waals surface area contributed by atoms with E-state index in [-0.39, 0.29) is 19.3 Å². The van der Waals surface area contributed by atoms with Crippen LogP contribution in [0.25, 0.3) is 0 Å². The highest BCUT2D eigenvalue weighted by atomic mass is 79.9. The van der Waals surface area contributed by atoms with Crippen molar-refractivity contribution in [2.45, 2.75) is 6.61 Å². The monoisotopic (exact) mass is 520 g/mol. The quantitative estimate of drug-likeness (QED) is 0.327. The third-order valence-electron chi connectivity index (χ3n) is 4.39. The van der Waals surface area contributed by atoms with Gasteiger partial charge in [-0.1, -0.05) is 29.3 Å². The van der Waals surface area contributed by atoms with Crippen molar-refractivity contribution in [1.82, 2.24) is 5.43 Å². The molecule has 1 aliphatic heterocycles. The summed E-state index contributed by atoms with van der Waals surface area (Å²) in [6, 6.07) is 15.5. The van der Waals surface area contributed by atoms with Crippen molar-refractivity contribution < 1.29 is 19.0 Å². The Hall–Kier alpha value is -2.74. The highest BCUT2D eigenvalue weighted by Crippen LogP contribution is 2.36. The molecule has 1 aliphatic rings. The lowest BCUT2D eigenvalue weighted by Gasteiger charge is -2.08. The molecule has 0 atom stereocenters. The average Bonchev–Trinajstić information content (AvgIpc) is 3.20. The molecule has 1 amide bonds. The molecule has 0 unspecified atom stereocenters. The van der Waals surface area contributed by atoms with Crippen molar-refractivity contribution in [2.75, 3.05) is 6.79 Å². The lowest BCUT2D eigenvalue weighted by atomic mass is 10.2. The van der Waals surface area contributed by atoms with Crippen LogP contribution in [-0.4, -0.2) is 18.9 Å². The van der Waals surface area contributed by atoms with E-state index in [0.717, 1.165) is 15.6 Å². The average molecular weight is 522 g/mol. The maximum atomic E-state index is 12.3. The molecule has 6 nitrogen and oxygen atoms in total. The lowest BCUT2D eigenvalue weighted by molar-refractivity contribution is 0.0955. The predicted octanol–water partition coefficient (Wildman–Crippen LogP) is 5.83. The van der Waals surface area contributed by atoms with Crippen LogP contribution in [0, 0.1) is 0 Å². The van der Waals surface area contributed by atoms with Crippen LogP contribution in [0.1, 0.15) is 21.5 Å². The maximum absolute atomic E-state index is 12.3. The molecule has 3 aromatic rings. The van der Waals surface area contributed by atoms with E-state index in [1.807, 2.05) is 6.07 Å². The molecule has 31 heavy (non-hydrogen) atoms. The number of carbonyl (C=O) groups is 1. The Morgan fingerprint density at radius 1 is 1.10 bits per heavy atom. The van der Waals surface area contributed by atoms with Gasteiger partial charge in [0.25, 0.3) is 5.91 Å². The number of halogens is 3. The van der Waals surface area contributed by atoms with Crippen LogP contribution in [0.4, 0.5) is 0 Å². The Bertz CT molecular complexity index is 1150. The van der Waals surface area contributed by atoms with Crippen LogP contribution in [-0.2, 0) is 6.61 Å². The lowest BCUT2D eigenvalue weighted by Crippen LogP contribution is -2.17. The molecule has 1 N–H and O–H groups in total. The van der Waals surface area contributed by atoms with Crippen molar-refractivity contribution in [3.8, 4) is 17.2 Å². The minimum atomic E-state index is -0.347. The number of amides is 1. The van der Waals surface area contributed by atoms with Crippen LogP contribution < -0.4 is 19.6 Å². The largest absolute Gasteiger partial charge is 0.489 e. The minimum Gasteiger partial charge on any atom is -0.489 e. The predicted molar refractivity (Wildman–Crippen MR) is 123 cm³/mol. The maximum Gasteiger partial charge on any atom is 0.271 e. The van der Waals surface area contributed by atoms with Crippen molar-refractivity contribution in [1.29, 1.82) is 0 Å². The summed E-state index contributed by atoms with van der Waals surface area (Å²) in [5.74, 6) is 1.55. The molecule has 0 spiro atoms. The van der Waals surface area contributed by atoms with Gasteiger partial charge in [0, 0.05) is 31.2 Å². The molecule has 0 saturated heterocycles. The molecule has 4 rings (SSSR count). The summed E-state index contributed by atoms with van der Waals surface area (Å²) >= 11 is 15.5. The van der Waals surface area contributed by atoms with E-state index in [4.69, 9.17) is 37.4 Å². The Labute approximate surface area is 196 Å². The Morgan fingerprint density at radius 3 is 2.58 bits per heavy atom. The number of nitrogens with one attached hydrogen (secondary N) is 1. The minimum absolute atomic E-state index is 0.186. The second kappa shape index (κ2) is 9.60. The Morgan fingerprint density at radius 2 is 1.84 bits per heavy atom. The van der Waals surface area contributed by atoms with Gasteiger partial charge >= 0.3 is 0 Å². The molecule has 1 heterocycles. The summed E-state index contributed by atoms with van der Waals surface area (Å²) in [7, 11) is 0. The van der Waals surface area contributed by atoms with E-state index in [1.165, 1.54) is 6.21 Å². The number of benzene rings is 3. The van der Waals surface area contributed by atoms with Gasteiger partial charge in [0.05, 0.1) is 6.21 Å². The zero-order chi connectivity index (χ0) is 21.8. The summed E-state index contributed by atoms with van der Waals surface area (Å²) in [5.41, 5.74) is 4.50. The number of nitrogens with zero attached hydrogens (tertiary/aromatic N) is 1. The summed E-state index contributed by atoms with van der Waals surface area (Å²) in [6.45, 7) is 0.474. The standard InChI is InChI=1S/C22H15BrCl2N2O4/c23-18-9-21-20(30-12-31-21)7-15(18)10-26-27-22(28)13-2-5-17(6-3-13)29-11-14-1-4-16(24)8-19(14)25/h1-10H,11-12H2,(H,27,28)/b26-10+. The number of fused-ring (bicyclic) bond motifs is 1. The Kier molecular flexibility index (Phi) is 6.65. The topological polar surface area (TPSA) is 69.2 Å². The molecule has 0 aliphatic carbocycles. The van der Waals surface area contributed by atoms with Crippen LogP contribution in [0.2, 0.25) is 10.0 Å². The molecule has 158 valence electrons. The van der Waals surface area contributed by atoms with E-state index in [9.17, 15) is 4.79 Å². The van der Waals surface area contributed by atoms with Crippen LogP contribution in [0.3, 0.4) is 0 Å². The molecule has 0 saturated carbocycles. The molecule has 3 aromatic carbocycles. The SMILES string of the molecule is O=C(N/N=C/c1cc2c(cc1Br)OCO2)c1ccc(OCc2ccc(Cl)cc2Cl)cc1. The first-order valence-electron chi connectivity index (χ1n) is 9.09.